The summed E-state index contributed by atoms with van der Waals surface area (Å²) in [6.45, 7) is 4.99. The van der Waals surface area contributed by atoms with E-state index in [1.54, 1.807) is 12.1 Å². The van der Waals surface area contributed by atoms with Crippen LogP contribution in [-0.4, -0.2) is 36.5 Å². The summed E-state index contributed by atoms with van der Waals surface area (Å²) in [4.78, 5) is 26.7. The SMILES string of the molecule is CCCC(CCC)N1CCc2c(C(=O)OC)cccc2C1=O. The third-order valence-electron chi connectivity index (χ3n) is 4.36. The van der Waals surface area contributed by atoms with Crippen LogP contribution in [0.1, 0.15) is 65.8 Å². The smallest absolute Gasteiger partial charge is 0.338 e. The third-order valence-corrected chi connectivity index (χ3v) is 4.36. The average Bonchev–Trinajstić information content (AvgIpc) is 2.54. The van der Waals surface area contributed by atoms with Gasteiger partial charge in [-0.15, -0.1) is 0 Å². The Balaban J connectivity index is 2.32. The van der Waals surface area contributed by atoms with E-state index in [1.165, 1.54) is 7.11 Å². The van der Waals surface area contributed by atoms with Gasteiger partial charge in [0, 0.05) is 18.2 Å². The van der Waals surface area contributed by atoms with Crippen LogP contribution in [0, 0.1) is 0 Å². The van der Waals surface area contributed by atoms with Crippen LogP contribution >= 0.6 is 0 Å². The number of carbonyl (C=O) groups is 2. The van der Waals surface area contributed by atoms with Gasteiger partial charge in [-0.3, -0.25) is 4.79 Å². The Morgan fingerprint density at radius 2 is 1.95 bits per heavy atom. The molecule has 0 fully saturated rings. The molecule has 1 aliphatic heterocycles. The molecule has 0 bridgehead atoms. The van der Waals surface area contributed by atoms with Gasteiger partial charge in [0.15, 0.2) is 0 Å². The molecule has 0 atom stereocenters. The first-order valence-corrected chi connectivity index (χ1v) is 8.15. The van der Waals surface area contributed by atoms with Crippen molar-refractivity contribution < 1.29 is 14.3 Å². The van der Waals surface area contributed by atoms with Crippen LogP contribution in [0.5, 0.6) is 0 Å². The Hall–Kier alpha value is -1.84. The number of nitrogens with zero attached hydrogens (tertiary/aromatic N) is 1. The molecule has 0 saturated carbocycles. The van der Waals surface area contributed by atoms with Gasteiger partial charge in [0.05, 0.1) is 12.7 Å². The fraction of sp³-hybridized carbons (Fsp3) is 0.556. The first-order valence-electron chi connectivity index (χ1n) is 8.15. The number of rotatable bonds is 6. The van der Waals surface area contributed by atoms with Gasteiger partial charge in [-0.05, 0) is 37.0 Å². The van der Waals surface area contributed by atoms with Crippen LogP contribution in [0.2, 0.25) is 0 Å². The van der Waals surface area contributed by atoms with E-state index in [0.717, 1.165) is 37.7 Å². The average molecular weight is 303 g/mol. The lowest BCUT2D eigenvalue weighted by Crippen LogP contribution is -2.45. The lowest BCUT2D eigenvalue weighted by atomic mass is 9.91. The van der Waals surface area contributed by atoms with E-state index in [0.29, 0.717) is 23.7 Å². The molecule has 1 aromatic carbocycles. The van der Waals surface area contributed by atoms with Gasteiger partial charge >= 0.3 is 5.97 Å². The fourth-order valence-corrected chi connectivity index (χ4v) is 3.32. The predicted molar refractivity (Wildman–Crippen MR) is 86.1 cm³/mol. The second-order valence-electron chi connectivity index (χ2n) is 5.80. The summed E-state index contributed by atoms with van der Waals surface area (Å²) in [7, 11) is 1.37. The number of methoxy groups -OCH3 is 1. The van der Waals surface area contributed by atoms with E-state index in [4.69, 9.17) is 4.74 Å². The molecular formula is C18H25NO3. The Kier molecular flexibility index (Phi) is 5.58. The first-order chi connectivity index (χ1) is 10.6. The molecule has 22 heavy (non-hydrogen) atoms. The minimum Gasteiger partial charge on any atom is -0.465 e. The molecular weight excluding hydrogens is 278 g/mol. The molecule has 0 N–H and O–H groups in total. The zero-order chi connectivity index (χ0) is 16.1. The maximum absolute atomic E-state index is 12.8. The Labute approximate surface area is 132 Å². The summed E-state index contributed by atoms with van der Waals surface area (Å²) in [6, 6.07) is 5.63. The molecule has 1 aliphatic rings. The second kappa shape index (κ2) is 7.43. The molecule has 1 amide bonds. The Bertz CT molecular complexity index is 547. The number of amides is 1. The number of ether oxygens (including phenoxy) is 1. The van der Waals surface area contributed by atoms with Crippen molar-refractivity contribution in [2.45, 2.75) is 52.0 Å². The molecule has 0 aromatic heterocycles. The molecule has 4 heteroatoms. The van der Waals surface area contributed by atoms with Crippen molar-refractivity contribution >= 4 is 11.9 Å². The molecule has 0 aliphatic carbocycles. The monoisotopic (exact) mass is 303 g/mol. The normalized spacial score (nSPS) is 14.2. The molecule has 2 rings (SSSR count). The van der Waals surface area contributed by atoms with Crippen LogP contribution in [0.25, 0.3) is 0 Å². The van der Waals surface area contributed by atoms with Crippen molar-refractivity contribution in [3.8, 4) is 0 Å². The summed E-state index contributed by atoms with van der Waals surface area (Å²) in [5.41, 5.74) is 2.02. The van der Waals surface area contributed by atoms with Crippen molar-refractivity contribution in [1.82, 2.24) is 4.90 Å². The highest BCUT2D eigenvalue weighted by atomic mass is 16.5. The zero-order valence-corrected chi connectivity index (χ0v) is 13.7. The summed E-state index contributed by atoms with van der Waals surface area (Å²) in [5, 5.41) is 0. The number of benzene rings is 1. The molecule has 0 spiro atoms. The Morgan fingerprint density at radius 3 is 2.55 bits per heavy atom. The minimum atomic E-state index is -0.364. The fourth-order valence-electron chi connectivity index (χ4n) is 3.32. The lowest BCUT2D eigenvalue weighted by molar-refractivity contribution is 0.0595. The zero-order valence-electron chi connectivity index (χ0n) is 13.7. The van der Waals surface area contributed by atoms with Gasteiger partial charge in [0.25, 0.3) is 5.91 Å². The first kappa shape index (κ1) is 16.5. The van der Waals surface area contributed by atoms with Gasteiger partial charge in [-0.1, -0.05) is 32.8 Å². The summed E-state index contributed by atoms with van der Waals surface area (Å²) in [5.74, 6) is -0.310. The molecule has 1 aromatic rings. The van der Waals surface area contributed by atoms with Crippen LogP contribution in [-0.2, 0) is 11.2 Å². The molecule has 0 unspecified atom stereocenters. The van der Waals surface area contributed by atoms with Gasteiger partial charge in [-0.25, -0.2) is 4.79 Å². The lowest BCUT2D eigenvalue weighted by Gasteiger charge is -2.36. The van der Waals surface area contributed by atoms with Crippen molar-refractivity contribution in [3.05, 3.63) is 34.9 Å². The highest BCUT2D eigenvalue weighted by Crippen LogP contribution is 2.26. The van der Waals surface area contributed by atoms with E-state index in [2.05, 4.69) is 13.8 Å². The molecule has 120 valence electrons. The number of fused-ring (bicyclic) bond motifs is 1. The van der Waals surface area contributed by atoms with Gasteiger partial charge < -0.3 is 9.64 Å². The quantitative estimate of drug-likeness (QED) is 0.756. The van der Waals surface area contributed by atoms with Gasteiger partial charge in [0.2, 0.25) is 0 Å². The van der Waals surface area contributed by atoms with Gasteiger partial charge in [0.1, 0.15) is 0 Å². The molecule has 4 nitrogen and oxygen atoms in total. The van der Waals surface area contributed by atoms with Crippen LogP contribution in [0.3, 0.4) is 0 Å². The third kappa shape index (κ3) is 3.16. The van der Waals surface area contributed by atoms with Crippen LogP contribution < -0.4 is 0 Å². The highest BCUT2D eigenvalue weighted by molar-refractivity contribution is 6.01. The van der Waals surface area contributed by atoms with Crippen molar-refractivity contribution in [2.75, 3.05) is 13.7 Å². The topological polar surface area (TPSA) is 46.6 Å². The summed E-state index contributed by atoms with van der Waals surface area (Å²) < 4.78 is 4.83. The van der Waals surface area contributed by atoms with Crippen LogP contribution in [0.15, 0.2) is 18.2 Å². The summed E-state index contributed by atoms with van der Waals surface area (Å²) >= 11 is 0. The van der Waals surface area contributed by atoms with E-state index in [-0.39, 0.29) is 11.9 Å². The van der Waals surface area contributed by atoms with Crippen LogP contribution in [0.4, 0.5) is 0 Å². The van der Waals surface area contributed by atoms with E-state index < -0.39 is 0 Å². The maximum Gasteiger partial charge on any atom is 0.338 e. The maximum atomic E-state index is 12.8. The standard InChI is InChI=1S/C18H25NO3/c1-4-7-13(8-5-2)19-12-11-14-15(17(19)20)9-6-10-16(14)18(21)22-3/h6,9-10,13H,4-5,7-8,11-12H2,1-3H3. The predicted octanol–water partition coefficient (Wildman–Crippen LogP) is 3.44. The van der Waals surface area contributed by atoms with E-state index in [1.807, 2.05) is 11.0 Å². The summed E-state index contributed by atoms with van der Waals surface area (Å²) in [6.07, 6.45) is 4.93. The number of hydrogen-bond donors (Lipinski definition) is 0. The van der Waals surface area contributed by atoms with Gasteiger partial charge in [-0.2, -0.15) is 0 Å². The highest BCUT2D eigenvalue weighted by Gasteiger charge is 2.31. The second-order valence-corrected chi connectivity index (χ2v) is 5.80. The Morgan fingerprint density at radius 1 is 1.27 bits per heavy atom. The van der Waals surface area contributed by atoms with Crippen molar-refractivity contribution in [1.29, 1.82) is 0 Å². The largest absolute Gasteiger partial charge is 0.465 e. The molecule has 0 saturated heterocycles. The minimum absolute atomic E-state index is 0.0545. The number of esters is 1. The number of carbonyl (C=O) groups excluding carboxylic acids is 2. The van der Waals surface area contributed by atoms with Crippen molar-refractivity contribution in [3.63, 3.8) is 0 Å². The van der Waals surface area contributed by atoms with Crippen molar-refractivity contribution in [2.24, 2.45) is 0 Å². The van der Waals surface area contributed by atoms with E-state index in [9.17, 15) is 9.59 Å². The molecule has 1 heterocycles. The molecule has 0 radical (unpaired) electrons. The number of hydrogen-bond acceptors (Lipinski definition) is 3. The van der Waals surface area contributed by atoms with E-state index >= 15 is 0 Å².